The normalized spacial score (nSPS) is 10.7. The zero-order valence-corrected chi connectivity index (χ0v) is 13.4. The Morgan fingerprint density at radius 3 is 2.83 bits per heavy atom. The topological polar surface area (TPSA) is 85.1 Å². The van der Waals surface area contributed by atoms with Crippen LogP contribution in [0.15, 0.2) is 36.4 Å². The molecule has 0 aliphatic heterocycles. The number of carbonyl (C=O) groups is 1. The van der Waals surface area contributed by atoms with Gasteiger partial charge in [-0.3, -0.25) is 14.9 Å². The predicted octanol–water partition coefficient (Wildman–Crippen LogP) is 4.42. The molecule has 6 nitrogen and oxygen atoms in total. The number of amides is 1. The first-order valence-electron chi connectivity index (χ1n) is 6.56. The van der Waals surface area contributed by atoms with E-state index in [4.69, 9.17) is 11.6 Å². The molecular formula is C15H10ClN3O3S. The number of nitrogens with one attached hydrogen (secondary N) is 1. The summed E-state index contributed by atoms with van der Waals surface area (Å²) in [5.74, 6) is -0.501. The number of thiazole rings is 1. The Kier molecular flexibility index (Phi) is 3.97. The number of aromatic nitrogens is 1. The highest BCUT2D eigenvalue weighted by Crippen LogP contribution is 2.26. The summed E-state index contributed by atoms with van der Waals surface area (Å²) in [5, 5.41) is 14.6. The molecule has 1 amide bonds. The Bertz CT molecular complexity index is 939. The van der Waals surface area contributed by atoms with Gasteiger partial charge in [0.25, 0.3) is 11.6 Å². The number of hydrogen-bond donors (Lipinski definition) is 1. The Morgan fingerprint density at radius 1 is 1.30 bits per heavy atom. The first-order chi connectivity index (χ1) is 10.9. The van der Waals surface area contributed by atoms with Crippen molar-refractivity contribution in [2.45, 2.75) is 6.92 Å². The fourth-order valence-corrected chi connectivity index (χ4v) is 3.19. The van der Waals surface area contributed by atoms with Crippen LogP contribution < -0.4 is 5.32 Å². The molecule has 1 aromatic heterocycles. The molecule has 0 unspecified atom stereocenters. The minimum Gasteiger partial charge on any atom is -0.322 e. The summed E-state index contributed by atoms with van der Waals surface area (Å²) in [7, 11) is 0. The lowest BCUT2D eigenvalue weighted by Crippen LogP contribution is -2.12. The number of nitro benzene ring substituents is 1. The standard InChI is InChI=1S/C15H10ClN3O3S/c1-8-17-13-5-2-9(6-14(13)23-8)18-15(20)11-7-10(19(21)22)3-4-12(11)16/h2-7H,1H3,(H,18,20). The fourth-order valence-electron chi connectivity index (χ4n) is 2.12. The highest BCUT2D eigenvalue weighted by atomic mass is 35.5. The van der Waals surface area contributed by atoms with E-state index >= 15 is 0 Å². The van der Waals surface area contributed by atoms with Crippen LogP contribution in [0, 0.1) is 17.0 Å². The molecular weight excluding hydrogens is 338 g/mol. The molecule has 0 spiro atoms. The van der Waals surface area contributed by atoms with Crippen molar-refractivity contribution in [1.82, 2.24) is 4.98 Å². The maximum Gasteiger partial charge on any atom is 0.270 e. The highest BCUT2D eigenvalue weighted by Gasteiger charge is 2.16. The quantitative estimate of drug-likeness (QED) is 0.561. The van der Waals surface area contributed by atoms with Gasteiger partial charge in [0.2, 0.25) is 0 Å². The van der Waals surface area contributed by atoms with Crippen LogP contribution >= 0.6 is 22.9 Å². The Hall–Kier alpha value is -2.51. The third-order valence-corrected chi connectivity index (χ3v) is 4.42. The van der Waals surface area contributed by atoms with Crippen molar-refractivity contribution in [3.63, 3.8) is 0 Å². The smallest absolute Gasteiger partial charge is 0.270 e. The average molecular weight is 348 g/mol. The number of nitrogens with zero attached hydrogens (tertiary/aromatic N) is 2. The molecule has 8 heteroatoms. The number of hydrogen-bond acceptors (Lipinski definition) is 5. The molecule has 0 saturated heterocycles. The molecule has 0 aliphatic rings. The first kappa shape index (κ1) is 15.4. The number of carbonyl (C=O) groups excluding carboxylic acids is 1. The maximum absolute atomic E-state index is 12.3. The Labute approximate surface area is 139 Å². The van der Waals surface area contributed by atoms with Crippen LogP contribution in [0.2, 0.25) is 5.02 Å². The number of rotatable bonds is 3. The Balaban J connectivity index is 1.90. The van der Waals surface area contributed by atoms with Gasteiger partial charge in [-0.1, -0.05) is 11.6 Å². The van der Waals surface area contributed by atoms with Crippen LogP contribution in [0.1, 0.15) is 15.4 Å². The number of halogens is 1. The SMILES string of the molecule is Cc1nc2ccc(NC(=O)c3cc([N+](=O)[O-])ccc3Cl)cc2s1. The van der Waals surface area contributed by atoms with Crippen molar-refractivity contribution in [2.75, 3.05) is 5.32 Å². The van der Waals surface area contributed by atoms with Crippen LogP contribution in [-0.4, -0.2) is 15.8 Å². The van der Waals surface area contributed by atoms with Crippen LogP contribution in [0.25, 0.3) is 10.2 Å². The van der Waals surface area contributed by atoms with E-state index in [1.165, 1.54) is 23.5 Å². The number of nitro groups is 1. The van der Waals surface area contributed by atoms with Crippen molar-refractivity contribution in [3.05, 3.63) is 62.1 Å². The molecule has 0 saturated carbocycles. The third kappa shape index (κ3) is 3.15. The summed E-state index contributed by atoms with van der Waals surface area (Å²) in [5.41, 5.74) is 1.31. The fraction of sp³-hybridized carbons (Fsp3) is 0.0667. The number of anilines is 1. The zero-order chi connectivity index (χ0) is 16.6. The first-order valence-corrected chi connectivity index (χ1v) is 7.76. The molecule has 2 aromatic carbocycles. The van der Waals surface area contributed by atoms with Gasteiger partial charge in [0, 0.05) is 17.8 Å². The van der Waals surface area contributed by atoms with E-state index in [0.717, 1.165) is 21.3 Å². The highest BCUT2D eigenvalue weighted by molar-refractivity contribution is 7.18. The monoisotopic (exact) mass is 347 g/mol. The minimum atomic E-state index is -0.570. The van der Waals surface area contributed by atoms with Gasteiger partial charge in [0.05, 0.1) is 30.7 Å². The van der Waals surface area contributed by atoms with Crippen LogP contribution in [0.4, 0.5) is 11.4 Å². The van der Waals surface area contributed by atoms with E-state index in [0.29, 0.717) is 5.69 Å². The van der Waals surface area contributed by atoms with Crippen molar-refractivity contribution < 1.29 is 9.72 Å². The largest absolute Gasteiger partial charge is 0.322 e. The zero-order valence-electron chi connectivity index (χ0n) is 11.9. The average Bonchev–Trinajstić information content (AvgIpc) is 2.86. The molecule has 3 aromatic rings. The second kappa shape index (κ2) is 5.94. The second-order valence-corrected chi connectivity index (χ2v) is 6.43. The summed E-state index contributed by atoms with van der Waals surface area (Å²) >= 11 is 7.49. The van der Waals surface area contributed by atoms with Gasteiger partial charge in [-0.05, 0) is 31.2 Å². The Morgan fingerprint density at radius 2 is 2.09 bits per heavy atom. The maximum atomic E-state index is 12.3. The third-order valence-electron chi connectivity index (χ3n) is 3.16. The van der Waals surface area contributed by atoms with Gasteiger partial charge in [0.1, 0.15) is 0 Å². The molecule has 0 radical (unpaired) electrons. The molecule has 116 valence electrons. The molecule has 0 atom stereocenters. The van der Waals surface area contributed by atoms with Gasteiger partial charge in [0.15, 0.2) is 0 Å². The summed E-state index contributed by atoms with van der Waals surface area (Å²) in [6.07, 6.45) is 0. The number of fused-ring (bicyclic) bond motifs is 1. The molecule has 0 fully saturated rings. The lowest BCUT2D eigenvalue weighted by Gasteiger charge is -2.06. The van der Waals surface area contributed by atoms with Gasteiger partial charge in [-0.25, -0.2) is 4.98 Å². The van der Waals surface area contributed by atoms with Crippen molar-refractivity contribution in [1.29, 1.82) is 0 Å². The molecule has 1 N–H and O–H groups in total. The summed E-state index contributed by atoms with van der Waals surface area (Å²) in [6, 6.07) is 9.10. The molecule has 0 bridgehead atoms. The molecule has 0 aliphatic carbocycles. The van der Waals surface area contributed by atoms with E-state index in [2.05, 4.69) is 10.3 Å². The number of benzene rings is 2. The van der Waals surface area contributed by atoms with E-state index < -0.39 is 10.8 Å². The predicted molar refractivity (Wildman–Crippen MR) is 90.4 cm³/mol. The second-order valence-electron chi connectivity index (χ2n) is 4.79. The molecule has 23 heavy (non-hydrogen) atoms. The lowest BCUT2D eigenvalue weighted by molar-refractivity contribution is -0.384. The summed E-state index contributed by atoms with van der Waals surface area (Å²) < 4.78 is 0.949. The van der Waals surface area contributed by atoms with Crippen molar-refractivity contribution in [2.24, 2.45) is 0 Å². The van der Waals surface area contributed by atoms with E-state index in [1.54, 1.807) is 6.07 Å². The molecule has 3 rings (SSSR count). The van der Waals surface area contributed by atoms with Gasteiger partial charge in [-0.2, -0.15) is 0 Å². The van der Waals surface area contributed by atoms with Crippen molar-refractivity contribution in [3.8, 4) is 0 Å². The summed E-state index contributed by atoms with van der Waals surface area (Å²) in [4.78, 5) is 26.9. The number of aryl methyl sites for hydroxylation is 1. The number of non-ortho nitro benzene ring substituents is 1. The lowest BCUT2D eigenvalue weighted by atomic mass is 10.2. The van der Waals surface area contributed by atoms with Gasteiger partial charge >= 0.3 is 0 Å². The molecule has 1 heterocycles. The van der Waals surface area contributed by atoms with Crippen LogP contribution in [0.3, 0.4) is 0 Å². The van der Waals surface area contributed by atoms with Crippen LogP contribution in [-0.2, 0) is 0 Å². The van der Waals surface area contributed by atoms with E-state index in [9.17, 15) is 14.9 Å². The van der Waals surface area contributed by atoms with Crippen LogP contribution in [0.5, 0.6) is 0 Å². The van der Waals surface area contributed by atoms with Gasteiger partial charge in [-0.15, -0.1) is 11.3 Å². The van der Waals surface area contributed by atoms with Gasteiger partial charge < -0.3 is 5.32 Å². The van der Waals surface area contributed by atoms with E-state index in [-0.39, 0.29) is 16.3 Å². The minimum absolute atomic E-state index is 0.0569. The van der Waals surface area contributed by atoms with Crippen molar-refractivity contribution >= 4 is 50.4 Å². The summed E-state index contributed by atoms with van der Waals surface area (Å²) in [6.45, 7) is 1.91. The van der Waals surface area contributed by atoms with E-state index in [1.807, 2.05) is 19.1 Å².